The Kier molecular flexibility index (Phi) is 9.52. The second-order valence-electron chi connectivity index (χ2n) is 5.53. The van der Waals surface area contributed by atoms with Gasteiger partial charge in [0, 0.05) is 25.9 Å². The van der Waals surface area contributed by atoms with Crippen molar-refractivity contribution in [2.75, 3.05) is 65.8 Å². The van der Waals surface area contributed by atoms with Gasteiger partial charge in [-0.1, -0.05) is 0 Å². The second-order valence-corrected chi connectivity index (χ2v) is 7.11. The van der Waals surface area contributed by atoms with Gasteiger partial charge in [-0.3, -0.25) is 4.55 Å². The Morgan fingerprint density at radius 2 is 1.60 bits per heavy atom. The first-order valence-corrected chi connectivity index (χ1v) is 8.52. The Balaban J connectivity index is 4.16. The van der Waals surface area contributed by atoms with Crippen LogP contribution >= 0.6 is 0 Å². The Morgan fingerprint density at radius 1 is 1.00 bits per heavy atom. The van der Waals surface area contributed by atoms with Gasteiger partial charge in [-0.15, -0.1) is 0 Å². The highest BCUT2D eigenvalue weighted by atomic mass is 32.2. The van der Waals surface area contributed by atoms with Crippen LogP contribution in [0.2, 0.25) is 0 Å². The molecule has 0 spiro atoms. The van der Waals surface area contributed by atoms with Crippen molar-refractivity contribution >= 4 is 10.1 Å². The van der Waals surface area contributed by atoms with Gasteiger partial charge in [0.1, 0.15) is 6.54 Å². The highest BCUT2D eigenvalue weighted by Crippen LogP contribution is 2.07. The highest BCUT2D eigenvalue weighted by Gasteiger charge is 2.21. The van der Waals surface area contributed by atoms with E-state index in [1.807, 2.05) is 19.0 Å². The Labute approximate surface area is 122 Å². The molecule has 0 aromatic heterocycles. The van der Waals surface area contributed by atoms with E-state index < -0.39 is 10.1 Å². The van der Waals surface area contributed by atoms with Crippen LogP contribution in [0.3, 0.4) is 0 Å². The third-order valence-electron chi connectivity index (χ3n) is 3.46. The third-order valence-corrected chi connectivity index (χ3v) is 4.26. The third kappa shape index (κ3) is 10.5. The van der Waals surface area contributed by atoms with E-state index in [4.69, 9.17) is 14.8 Å². The standard InChI is InChI=1S/C12H28N2O5S/c1-13(6-10-15)5-3-7-14(2,9-11-16)8-4-12-20(17,18)19/h15-16H,3-12H2,1-2H3/p+1. The first-order valence-electron chi connectivity index (χ1n) is 6.91. The van der Waals surface area contributed by atoms with Crippen LogP contribution in [0, 0.1) is 0 Å². The molecule has 1 unspecified atom stereocenters. The molecule has 20 heavy (non-hydrogen) atoms. The quantitative estimate of drug-likeness (QED) is 0.316. The van der Waals surface area contributed by atoms with E-state index in [-0.39, 0.29) is 19.0 Å². The minimum absolute atomic E-state index is 0.0505. The summed E-state index contributed by atoms with van der Waals surface area (Å²) in [7, 11) is 0.00260. The molecule has 0 saturated carbocycles. The molecule has 0 heterocycles. The second kappa shape index (κ2) is 9.64. The van der Waals surface area contributed by atoms with Crippen LogP contribution in [0.4, 0.5) is 0 Å². The molecule has 0 amide bonds. The van der Waals surface area contributed by atoms with Crippen LogP contribution in [0.15, 0.2) is 0 Å². The number of likely N-dealkylation sites (N-methyl/N-ethyl adjacent to an activating group) is 2. The lowest BCUT2D eigenvalue weighted by Crippen LogP contribution is -2.48. The Hall–Kier alpha value is -0.250. The van der Waals surface area contributed by atoms with Crippen molar-refractivity contribution in [3.63, 3.8) is 0 Å². The molecule has 0 fully saturated rings. The van der Waals surface area contributed by atoms with Gasteiger partial charge >= 0.3 is 0 Å². The van der Waals surface area contributed by atoms with Gasteiger partial charge in [0.2, 0.25) is 0 Å². The monoisotopic (exact) mass is 313 g/mol. The van der Waals surface area contributed by atoms with Gasteiger partial charge in [-0.25, -0.2) is 0 Å². The van der Waals surface area contributed by atoms with Crippen molar-refractivity contribution in [3.05, 3.63) is 0 Å². The number of rotatable bonds is 12. The molecule has 7 nitrogen and oxygen atoms in total. The zero-order valence-corrected chi connectivity index (χ0v) is 13.3. The van der Waals surface area contributed by atoms with Gasteiger partial charge < -0.3 is 19.6 Å². The van der Waals surface area contributed by atoms with Crippen molar-refractivity contribution in [3.8, 4) is 0 Å². The van der Waals surface area contributed by atoms with E-state index in [0.29, 0.717) is 30.5 Å². The van der Waals surface area contributed by atoms with Crippen molar-refractivity contribution in [1.29, 1.82) is 0 Å². The lowest BCUT2D eigenvalue weighted by Gasteiger charge is -2.34. The average molecular weight is 313 g/mol. The summed E-state index contributed by atoms with van der Waals surface area (Å²) < 4.78 is 30.8. The van der Waals surface area contributed by atoms with Gasteiger partial charge in [0.25, 0.3) is 10.1 Å². The van der Waals surface area contributed by atoms with Crippen LogP contribution in [-0.4, -0.2) is 98.4 Å². The van der Waals surface area contributed by atoms with Crippen LogP contribution < -0.4 is 0 Å². The summed E-state index contributed by atoms with van der Waals surface area (Å²) >= 11 is 0. The summed E-state index contributed by atoms with van der Waals surface area (Å²) in [5.41, 5.74) is 0. The fraction of sp³-hybridized carbons (Fsp3) is 1.00. The summed E-state index contributed by atoms with van der Waals surface area (Å²) in [6.45, 7) is 3.65. The fourth-order valence-corrected chi connectivity index (χ4v) is 2.70. The van der Waals surface area contributed by atoms with Crippen molar-refractivity contribution in [2.24, 2.45) is 0 Å². The maximum absolute atomic E-state index is 10.7. The zero-order chi connectivity index (χ0) is 15.6. The van der Waals surface area contributed by atoms with Crippen LogP contribution in [-0.2, 0) is 10.1 Å². The molecular weight excluding hydrogens is 284 g/mol. The topological polar surface area (TPSA) is 98.1 Å². The van der Waals surface area contributed by atoms with Gasteiger partial charge in [0.05, 0.1) is 39.1 Å². The molecular formula is C12H29N2O5S+. The molecule has 0 aromatic rings. The molecule has 0 saturated heterocycles. The molecule has 8 heteroatoms. The van der Waals surface area contributed by atoms with E-state index >= 15 is 0 Å². The summed E-state index contributed by atoms with van der Waals surface area (Å²) in [5, 5.41) is 17.9. The summed E-state index contributed by atoms with van der Waals surface area (Å²) in [6.07, 6.45) is 1.28. The van der Waals surface area contributed by atoms with E-state index in [1.165, 1.54) is 0 Å². The number of aliphatic hydroxyl groups excluding tert-OH is 2. The lowest BCUT2D eigenvalue weighted by molar-refractivity contribution is -0.910. The number of hydrogen-bond acceptors (Lipinski definition) is 5. The van der Waals surface area contributed by atoms with Gasteiger partial charge in [0.15, 0.2) is 0 Å². The summed E-state index contributed by atoms with van der Waals surface area (Å²) in [4.78, 5) is 2.03. The van der Waals surface area contributed by atoms with Crippen molar-refractivity contribution in [2.45, 2.75) is 12.8 Å². The fourth-order valence-electron chi connectivity index (χ4n) is 2.21. The number of aliphatic hydroxyl groups is 2. The van der Waals surface area contributed by atoms with E-state index in [9.17, 15) is 8.42 Å². The minimum atomic E-state index is -3.91. The van der Waals surface area contributed by atoms with E-state index in [1.54, 1.807) is 0 Å². The maximum Gasteiger partial charge on any atom is 0.265 e. The first-order chi connectivity index (χ1) is 9.22. The van der Waals surface area contributed by atoms with Crippen LogP contribution in [0.1, 0.15) is 12.8 Å². The van der Waals surface area contributed by atoms with Crippen LogP contribution in [0.25, 0.3) is 0 Å². The average Bonchev–Trinajstić information content (AvgIpc) is 2.27. The summed E-state index contributed by atoms with van der Waals surface area (Å²) in [6, 6.07) is 0. The highest BCUT2D eigenvalue weighted by molar-refractivity contribution is 7.85. The Morgan fingerprint density at radius 3 is 2.10 bits per heavy atom. The SMILES string of the molecule is CN(CCO)CCC[N+](C)(CCO)CCCS(=O)(=O)O. The maximum atomic E-state index is 10.7. The van der Waals surface area contributed by atoms with E-state index in [2.05, 4.69) is 0 Å². The van der Waals surface area contributed by atoms with Gasteiger partial charge in [-0.05, 0) is 7.05 Å². The number of quaternary nitrogens is 1. The first kappa shape index (κ1) is 19.8. The molecule has 0 aliphatic carbocycles. The minimum Gasteiger partial charge on any atom is -0.395 e. The van der Waals surface area contributed by atoms with Crippen molar-refractivity contribution < 1.29 is 27.7 Å². The molecule has 3 N–H and O–H groups in total. The molecule has 0 aromatic carbocycles. The summed E-state index contributed by atoms with van der Waals surface area (Å²) in [5.74, 6) is -0.239. The Bertz CT molecular complexity index is 350. The normalized spacial score (nSPS) is 15.5. The van der Waals surface area contributed by atoms with Gasteiger partial charge in [-0.2, -0.15) is 8.42 Å². The molecule has 0 aliphatic rings. The predicted octanol–water partition coefficient (Wildman–Crippen LogP) is -0.983. The molecule has 1 atom stereocenters. The number of hydrogen-bond donors (Lipinski definition) is 3. The zero-order valence-electron chi connectivity index (χ0n) is 12.5. The molecule has 0 bridgehead atoms. The molecule has 0 aliphatic heterocycles. The molecule has 0 radical (unpaired) electrons. The smallest absolute Gasteiger partial charge is 0.265 e. The van der Waals surface area contributed by atoms with Crippen LogP contribution in [0.5, 0.6) is 0 Å². The molecule has 122 valence electrons. The predicted molar refractivity (Wildman–Crippen MR) is 78.1 cm³/mol. The largest absolute Gasteiger partial charge is 0.395 e. The lowest BCUT2D eigenvalue weighted by atomic mass is 10.2. The molecule has 0 rings (SSSR count). The van der Waals surface area contributed by atoms with E-state index in [0.717, 1.165) is 19.5 Å². The van der Waals surface area contributed by atoms with Crippen molar-refractivity contribution in [1.82, 2.24) is 4.90 Å². The number of nitrogens with zero attached hydrogens (tertiary/aromatic N) is 2.